The topological polar surface area (TPSA) is 71.5 Å². The summed E-state index contributed by atoms with van der Waals surface area (Å²) in [7, 11) is 1.40. The van der Waals surface area contributed by atoms with E-state index in [0.29, 0.717) is 25.2 Å². The van der Waals surface area contributed by atoms with Gasteiger partial charge in [0.2, 0.25) is 0 Å². The van der Waals surface area contributed by atoms with Gasteiger partial charge in [-0.05, 0) is 42.5 Å². The average molecular weight is 436 g/mol. The van der Waals surface area contributed by atoms with Gasteiger partial charge in [0.25, 0.3) is 5.91 Å². The maximum Gasteiger partial charge on any atom is 0.323 e. The molecule has 1 aliphatic heterocycles. The van der Waals surface area contributed by atoms with Crippen LogP contribution in [-0.2, 0) is 16.1 Å². The molecular weight excluding hydrogens is 410 g/mol. The SMILES string of the molecule is COC(=O)[C@@H]1C[C@H](NC(=O)c2ccc3ccccc3n2)CN1Cc1ccc(SC)cc1. The van der Waals surface area contributed by atoms with Crippen molar-refractivity contribution in [3.05, 3.63) is 71.9 Å². The van der Waals surface area contributed by atoms with E-state index in [-0.39, 0.29) is 24.0 Å². The van der Waals surface area contributed by atoms with Crippen LogP contribution in [0.2, 0.25) is 0 Å². The van der Waals surface area contributed by atoms with Gasteiger partial charge in [0, 0.05) is 29.4 Å². The van der Waals surface area contributed by atoms with Crippen LogP contribution in [0.5, 0.6) is 0 Å². The first-order valence-corrected chi connectivity index (χ1v) is 11.4. The zero-order chi connectivity index (χ0) is 21.8. The average Bonchev–Trinajstić information content (AvgIpc) is 3.20. The van der Waals surface area contributed by atoms with Crippen LogP contribution in [0.4, 0.5) is 0 Å². The summed E-state index contributed by atoms with van der Waals surface area (Å²) in [5, 5.41) is 4.04. The number of ether oxygens (including phenoxy) is 1. The number of esters is 1. The van der Waals surface area contributed by atoms with Crippen molar-refractivity contribution in [2.45, 2.75) is 29.9 Å². The number of para-hydroxylation sites is 1. The number of hydrogen-bond donors (Lipinski definition) is 1. The second kappa shape index (κ2) is 9.49. The molecule has 1 fully saturated rings. The molecule has 3 aromatic rings. The molecule has 1 aromatic heterocycles. The fourth-order valence-electron chi connectivity index (χ4n) is 3.98. The van der Waals surface area contributed by atoms with Gasteiger partial charge in [-0.3, -0.25) is 14.5 Å². The van der Waals surface area contributed by atoms with Gasteiger partial charge in [0.15, 0.2) is 0 Å². The largest absolute Gasteiger partial charge is 0.468 e. The molecule has 2 heterocycles. The van der Waals surface area contributed by atoms with Crippen molar-refractivity contribution in [1.29, 1.82) is 0 Å². The Balaban J connectivity index is 1.46. The molecule has 0 radical (unpaired) electrons. The van der Waals surface area contributed by atoms with Crippen LogP contribution in [0.3, 0.4) is 0 Å². The van der Waals surface area contributed by atoms with Gasteiger partial charge in [-0.15, -0.1) is 11.8 Å². The number of benzene rings is 2. The third-order valence-electron chi connectivity index (χ3n) is 5.59. The smallest absolute Gasteiger partial charge is 0.323 e. The molecular formula is C24H25N3O3S. The van der Waals surface area contributed by atoms with Gasteiger partial charge in [0.1, 0.15) is 11.7 Å². The number of rotatable bonds is 6. The highest BCUT2D eigenvalue weighted by Gasteiger charge is 2.38. The van der Waals surface area contributed by atoms with Crippen LogP contribution in [0, 0.1) is 0 Å². The molecule has 31 heavy (non-hydrogen) atoms. The van der Waals surface area contributed by atoms with E-state index in [1.165, 1.54) is 12.0 Å². The van der Waals surface area contributed by atoms with E-state index >= 15 is 0 Å². The third kappa shape index (κ3) is 4.89. The van der Waals surface area contributed by atoms with E-state index < -0.39 is 0 Å². The molecule has 1 amide bonds. The highest BCUT2D eigenvalue weighted by Crippen LogP contribution is 2.23. The number of fused-ring (bicyclic) bond motifs is 1. The van der Waals surface area contributed by atoms with Gasteiger partial charge in [-0.2, -0.15) is 0 Å². The number of pyridine rings is 1. The summed E-state index contributed by atoms with van der Waals surface area (Å²) in [6, 6.07) is 19.1. The number of carbonyl (C=O) groups excluding carboxylic acids is 2. The lowest BCUT2D eigenvalue weighted by Gasteiger charge is -2.22. The van der Waals surface area contributed by atoms with E-state index in [1.807, 2.05) is 36.6 Å². The summed E-state index contributed by atoms with van der Waals surface area (Å²) < 4.78 is 5.02. The molecule has 2 atom stereocenters. The molecule has 4 rings (SSSR count). The molecule has 1 aliphatic rings. The molecule has 0 aliphatic carbocycles. The van der Waals surface area contributed by atoms with Crippen molar-refractivity contribution in [1.82, 2.24) is 15.2 Å². The molecule has 0 unspecified atom stereocenters. The van der Waals surface area contributed by atoms with Crippen LogP contribution >= 0.6 is 11.8 Å². The fourth-order valence-corrected chi connectivity index (χ4v) is 4.39. The summed E-state index contributed by atoms with van der Waals surface area (Å²) in [4.78, 5) is 32.9. The lowest BCUT2D eigenvalue weighted by molar-refractivity contribution is -0.146. The molecule has 0 spiro atoms. The van der Waals surface area contributed by atoms with Crippen molar-refractivity contribution >= 4 is 34.5 Å². The van der Waals surface area contributed by atoms with E-state index in [9.17, 15) is 9.59 Å². The predicted molar refractivity (Wildman–Crippen MR) is 122 cm³/mol. The van der Waals surface area contributed by atoms with Crippen molar-refractivity contribution in [2.24, 2.45) is 0 Å². The second-order valence-corrected chi connectivity index (χ2v) is 8.49. The van der Waals surface area contributed by atoms with Crippen LogP contribution in [0.1, 0.15) is 22.5 Å². The lowest BCUT2D eigenvalue weighted by Crippen LogP contribution is -2.38. The lowest BCUT2D eigenvalue weighted by atomic mass is 10.1. The van der Waals surface area contributed by atoms with E-state index in [0.717, 1.165) is 16.5 Å². The van der Waals surface area contributed by atoms with Crippen LogP contribution in [0.25, 0.3) is 10.9 Å². The zero-order valence-electron chi connectivity index (χ0n) is 17.6. The minimum atomic E-state index is -0.389. The number of carbonyl (C=O) groups is 2. The molecule has 1 saturated heterocycles. The van der Waals surface area contributed by atoms with Crippen molar-refractivity contribution in [2.75, 3.05) is 19.9 Å². The van der Waals surface area contributed by atoms with Crippen molar-refractivity contribution in [3.63, 3.8) is 0 Å². The minimum absolute atomic E-state index is 0.157. The number of nitrogens with one attached hydrogen (secondary N) is 1. The number of aromatic nitrogens is 1. The maximum absolute atomic E-state index is 12.8. The summed E-state index contributed by atoms with van der Waals surface area (Å²) in [6.45, 7) is 1.19. The van der Waals surface area contributed by atoms with Crippen LogP contribution in [-0.4, -0.2) is 53.8 Å². The van der Waals surface area contributed by atoms with E-state index in [2.05, 4.69) is 39.5 Å². The normalized spacial score (nSPS) is 18.8. The van der Waals surface area contributed by atoms with Gasteiger partial charge in [0.05, 0.1) is 12.6 Å². The Labute approximate surface area is 186 Å². The van der Waals surface area contributed by atoms with Gasteiger partial charge < -0.3 is 10.1 Å². The second-order valence-electron chi connectivity index (χ2n) is 7.61. The zero-order valence-corrected chi connectivity index (χ0v) is 18.4. The van der Waals surface area contributed by atoms with E-state index in [1.54, 1.807) is 17.8 Å². The molecule has 7 heteroatoms. The van der Waals surface area contributed by atoms with Crippen molar-refractivity contribution < 1.29 is 14.3 Å². The Bertz CT molecular complexity index is 1090. The summed E-state index contributed by atoms with van der Waals surface area (Å²) in [5.74, 6) is -0.508. The van der Waals surface area contributed by atoms with E-state index in [4.69, 9.17) is 4.74 Å². The number of methoxy groups -OCH3 is 1. The first kappa shape index (κ1) is 21.3. The number of likely N-dealkylation sites (tertiary alicyclic amines) is 1. The molecule has 160 valence electrons. The first-order valence-electron chi connectivity index (χ1n) is 10.2. The number of thioether (sulfide) groups is 1. The first-order chi connectivity index (χ1) is 15.1. The summed E-state index contributed by atoms with van der Waals surface area (Å²) in [5.41, 5.74) is 2.28. The Hall–Kier alpha value is -2.90. The fraction of sp³-hybridized carbons (Fsp3) is 0.292. The Morgan fingerprint density at radius 1 is 1.13 bits per heavy atom. The highest BCUT2D eigenvalue weighted by atomic mass is 32.2. The Morgan fingerprint density at radius 2 is 1.90 bits per heavy atom. The Morgan fingerprint density at radius 3 is 2.65 bits per heavy atom. The highest BCUT2D eigenvalue weighted by molar-refractivity contribution is 7.98. The predicted octanol–water partition coefficient (Wildman–Crippen LogP) is 3.50. The van der Waals surface area contributed by atoms with Gasteiger partial charge >= 0.3 is 5.97 Å². The monoisotopic (exact) mass is 435 g/mol. The number of nitrogens with zero attached hydrogens (tertiary/aromatic N) is 2. The van der Waals surface area contributed by atoms with Crippen molar-refractivity contribution in [3.8, 4) is 0 Å². The molecule has 0 bridgehead atoms. The summed E-state index contributed by atoms with van der Waals surface area (Å²) in [6.07, 6.45) is 2.55. The standard InChI is InChI=1S/C24H25N3O3S/c1-30-24(29)22-13-18(15-27(22)14-16-7-10-19(31-2)11-8-16)25-23(28)21-12-9-17-5-3-4-6-20(17)26-21/h3-12,18,22H,13-15H2,1-2H3,(H,25,28)/t18-,22-/m0/s1. The molecule has 6 nitrogen and oxygen atoms in total. The number of amides is 1. The van der Waals surface area contributed by atoms with Gasteiger partial charge in [-0.25, -0.2) is 4.98 Å². The molecule has 0 saturated carbocycles. The van der Waals surface area contributed by atoms with Crippen LogP contribution in [0.15, 0.2) is 65.6 Å². The quantitative estimate of drug-likeness (QED) is 0.472. The summed E-state index contributed by atoms with van der Waals surface area (Å²) >= 11 is 1.69. The molecule has 2 aromatic carbocycles. The van der Waals surface area contributed by atoms with Gasteiger partial charge in [-0.1, -0.05) is 36.4 Å². The Kier molecular flexibility index (Phi) is 6.53. The van der Waals surface area contributed by atoms with Crippen LogP contribution < -0.4 is 5.32 Å². The number of hydrogen-bond acceptors (Lipinski definition) is 6. The molecule has 1 N–H and O–H groups in total. The third-order valence-corrected chi connectivity index (χ3v) is 6.33. The maximum atomic E-state index is 12.8. The minimum Gasteiger partial charge on any atom is -0.468 e.